The number of carbonyl (C=O) groups is 3. The molecule has 1 fully saturated rings. The third-order valence-electron chi connectivity index (χ3n) is 3.64. The first kappa shape index (κ1) is 21.5. The first-order chi connectivity index (χ1) is 12.8. The third-order valence-corrected chi connectivity index (χ3v) is 3.64. The lowest BCUT2D eigenvalue weighted by molar-refractivity contribution is -0.141. The van der Waals surface area contributed by atoms with E-state index in [-0.39, 0.29) is 18.4 Å². The number of benzene rings is 1. The maximum absolute atomic E-state index is 12.1. The Morgan fingerprint density at radius 3 is 2.11 bits per heavy atom. The minimum atomic E-state index is -0.655. The van der Waals surface area contributed by atoms with Crippen LogP contribution in [0.4, 0.5) is 15.3 Å². The van der Waals surface area contributed by atoms with E-state index in [1.165, 1.54) is 0 Å². The van der Waals surface area contributed by atoms with Crippen LogP contribution >= 0.6 is 0 Å². The SMILES string of the molecule is CC(C)(C)OC(=O)Nc1ccc(C=CC2CC(=O)N2C(=O)OC(C)(C)C)cc1. The van der Waals surface area contributed by atoms with Gasteiger partial charge in [-0.25, -0.2) is 14.5 Å². The van der Waals surface area contributed by atoms with Crippen LogP contribution in [-0.4, -0.2) is 40.2 Å². The van der Waals surface area contributed by atoms with Gasteiger partial charge in [0.05, 0.1) is 12.5 Å². The Balaban J connectivity index is 1.94. The number of hydrogen-bond acceptors (Lipinski definition) is 5. The van der Waals surface area contributed by atoms with Gasteiger partial charge in [-0.1, -0.05) is 24.3 Å². The summed E-state index contributed by atoms with van der Waals surface area (Å²) in [5, 5.41) is 2.66. The quantitative estimate of drug-likeness (QED) is 0.766. The number of hydrogen-bond donors (Lipinski definition) is 1. The van der Waals surface area contributed by atoms with Gasteiger partial charge < -0.3 is 9.47 Å². The van der Waals surface area contributed by atoms with Crippen molar-refractivity contribution in [2.45, 2.75) is 65.2 Å². The molecule has 1 aromatic rings. The molecule has 0 aliphatic carbocycles. The Bertz CT molecular complexity index is 769. The summed E-state index contributed by atoms with van der Waals surface area (Å²) >= 11 is 0. The number of carbonyl (C=O) groups excluding carboxylic acids is 3. The van der Waals surface area contributed by atoms with Crippen molar-refractivity contribution in [1.29, 1.82) is 0 Å². The predicted molar refractivity (Wildman–Crippen MR) is 107 cm³/mol. The second kappa shape index (κ2) is 8.04. The molecule has 0 radical (unpaired) electrons. The standard InChI is InChI=1S/C21H28N2O5/c1-20(2,3)27-18(25)22-15-10-7-14(8-11-15)9-12-16-13-17(24)23(16)19(26)28-21(4,5)6/h7-12,16H,13H2,1-6H3,(H,22,25). The van der Waals surface area contributed by atoms with Gasteiger partial charge in [0, 0.05) is 5.69 Å². The molecule has 28 heavy (non-hydrogen) atoms. The average molecular weight is 388 g/mol. The van der Waals surface area contributed by atoms with Crippen LogP contribution in [0.1, 0.15) is 53.5 Å². The van der Waals surface area contributed by atoms with Crippen LogP contribution in [-0.2, 0) is 14.3 Å². The summed E-state index contributed by atoms with van der Waals surface area (Å²) in [4.78, 5) is 36.8. The smallest absolute Gasteiger partial charge is 0.417 e. The fourth-order valence-corrected chi connectivity index (χ4v) is 2.46. The second-order valence-electron chi connectivity index (χ2n) is 8.62. The number of nitrogens with one attached hydrogen (secondary N) is 1. The fourth-order valence-electron chi connectivity index (χ4n) is 2.46. The van der Waals surface area contributed by atoms with Gasteiger partial charge in [-0.05, 0) is 59.2 Å². The third kappa shape index (κ3) is 6.40. The average Bonchev–Trinajstić information content (AvgIpc) is 2.48. The number of ether oxygens (including phenoxy) is 2. The Labute approximate surface area is 165 Å². The minimum Gasteiger partial charge on any atom is -0.444 e. The van der Waals surface area contributed by atoms with E-state index in [9.17, 15) is 14.4 Å². The van der Waals surface area contributed by atoms with Crippen LogP contribution in [0.2, 0.25) is 0 Å². The molecule has 0 aromatic heterocycles. The van der Waals surface area contributed by atoms with Crippen LogP contribution in [0.3, 0.4) is 0 Å². The summed E-state index contributed by atoms with van der Waals surface area (Å²) in [5.74, 6) is -0.249. The van der Waals surface area contributed by atoms with E-state index in [0.717, 1.165) is 10.5 Å². The van der Waals surface area contributed by atoms with E-state index < -0.39 is 23.4 Å². The molecule has 1 aromatic carbocycles. The summed E-state index contributed by atoms with van der Waals surface area (Å²) in [5.41, 5.74) is 0.268. The van der Waals surface area contributed by atoms with Gasteiger partial charge in [0.15, 0.2) is 0 Å². The highest BCUT2D eigenvalue weighted by Gasteiger charge is 2.41. The Morgan fingerprint density at radius 1 is 1.04 bits per heavy atom. The van der Waals surface area contributed by atoms with Gasteiger partial charge in [-0.2, -0.15) is 0 Å². The van der Waals surface area contributed by atoms with Gasteiger partial charge >= 0.3 is 12.2 Å². The van der Waals surface area contributed by atoms with Gasteiger partial charge in [-0.3, -0.25) is 10.1 Å². The lowest BCUT2D eigenvalue weighted by atomic mass is 10.0. The normalized spacial score (nSPS) is 17.3. The summed E-state index contributed by atoms with van der Waals surface area (Å²) in [6, 6.07) is 6.83. The van der Waals surface area contributed by atoms with Crippen LogP contribution in [0.15, 0.2) is 30.3 Å². The van der Waals surface area contributed by atoms with E-state index >= 15 is 0 Å². The van der Waals surface area contributed by atoms with Crippen molar-refractivity contribution in [2.75, 3.05) is 5.32 Å². The number of nitrogens with zero attached hydrogens (tertiary/aromatic N) is 1. The first-order valence-corrected chi connectivity index (χ1v) is 9.17. The fraction of sp³-hybridized carbons (Fsp3) is 0.476. The zero-order valence-electron chi connectivity index (χ0n) is 17.2. The molecule has 152 valence electrons. The van der Waals surface area contributed by atoms with Crippen molar-refractivity contribution in [3.05, 3.63) is 35.9 Å². The Morgan fingerprint density at radius 2 is 1.61 bits per heavy atom. The number of likely N-dealkylation sites (tertiary alicyclic amines) is 1. The lowest BCUT2D eigenvalue weighted by Crippen LogP contribution is -2.55. The summed E-state index contributed by atoms with van der Waals surface area (Å²) < 4.78 is 10.5. The monoisotopic (exact) mass is 388 g/mol. The van der Waals surface area contributed by atoms with Crippen LogP contribution < -0.4 is 5.32 Å². The largest absolute Gasteiger partial charge is 0.444 e. The summed E-state index contributed by atoms with van der Waals surface area (Å²) in [6.45, 7) is 10.7. The number of amides is 3. The van der Waals surface area contributed by atoms with E-state index in [0.29, 0.717) is 5.69 Å². The van der Waals surface area contributed by atoms with Crippen LogP contribution in [0.25, 0.3) is 6.08 Å². The molecule has 7 heteroatoms. The molecule has 1 aliphatic heterocycles. The molecule has 0 saturated carbocycles. The van der Waals surface area contributed by atoms with E-state index in [2.05, 4.69) is 5.32 Å². The van der Waals surface area contributed by atoms with Crippen LogP contribution in [0, 0.1) is 0 Å². The molecular weight excluding hydrogens is 360 g/mol. The van der Waals surface area contributed by atoms with Crippen molar-refractivity contribution < 1.29 is 23.9 Å². The van der Waals surface area contributed by atoms with E-state index in [1.807, 2.05) is 18.2 Å². The molecule has 7 nitrogen and oxygen atoms in total. The zero-order chi connectivity index (χ0) is 21.1. The maximum atomic E-state index is 12.1. The van der Waals surface area contributed by atoms with E-state index in [4.69, 9.17) is 9.47 Å². The molecular formula is C21H28N2O5. The highest BCUT2D eigenvalue weighted by Crippen LogP contribution is 2.24. The van der Waals surface area contributed by atoms with Crippen LogP contribution in [0.5, 0.6) is 0 Å². The molecule has 1 heterocycles. The Hall–Kier alpha value is -2.83. The van der Waals surface area contributed by atoms with Crippen molar-refractivity contribution in [1.82, 2.24) is 4.90 Å². The summed E-state index contributed by atoms with van der Waals surface area (Å²) in [7, 11) is 0. The molecule has 3 amide bonds. The number of anilines is 1. The van der Waals surface area contributed by atoms with Crippen molar-refractivity contribution in [2.24, 2.45) is 0 Å². The van der Waals surface area contributed by atoms with E-state index in [1.54, 1.807) is 59.8 Å². The van der Waals surface area contributed by atoms with Gasteiger partial charge in [0.1, 0.15) is 11.2 Å². The molecule has 1 N–H and O–H groups in total. The van der Waals surface area contributed by atoms with Gasteiger partial charge in [-0.15, -0.1) is 0 Å². The number of rotatable bonds is 3. The van der Waals surface area contributed by atoms with Gasteiger partial charge in [0.2, 0.25) is 5.91 Å². The molecule has 2 rings (SSSR count). The van der Waals surface area contributed by atoms with Crippen molar-refractivity contribution in [3.63, 3.8) is 0 Å². The molecule has 1 unspecified atom stereocenters. The van der Waals surface area contributed by atoms with Gasteiger partial charge in [0.25, 0.3) is 0 Å². The Kier molecular flexibility index (Phi) is 6.17. The lowest BCUT2D eigenvalue weighted by Gasteiger charge is -2.37. The molecule has 0 spiro atoms. The second-order valence-corrected chi connectivity index (χ2v) is 8.62. The predicted octanol–water partition coefficient (Wildman–Crippen LogP) is 4.58. The highest BCUT2D eigenvalue weighted by molar-refractivity contribution is 5.98. The molecule has 0 bridgehead atoms. The molecule has 1 saturated heterocycles. The molecule has 1 atom stereocenters. The number of imide groups is 1. The highest BCUT2D eigenvalue weighted by atomic mass is 16.6. The number of β-lactam (4-membered cyclic amide) rings is 1. The maximum Gasteiger partial charge on any atom is 0.417 e. The minimum absolute atomic E-state index is 0.249. The van der Waals surface area contributed by atoms with Crippen molar-refractivity contribution >= 4 is 29.9 Å². The topological polar surface area (TPSA) is 84.9 Å². The molecule has 1 aliphatic rings. The first-order valence-electron chi connectivity index (χ1n) is 9.17. The zero-order valence-corrected chi connectivity index (χ0v) is 17.2. The van der Waals surface area contributed by atoms with Crippen molar-refractivity contribution in [3.8, 4) is 0 Å². The summed E-state index contributed by atoms with van der Waals surface area (Å²) in [6.07, 6.45) is 2.74.